The normalized spacial score (nSPS) is 19.8. The number of hydrogen-bond donors (Lipinski definition) is 0. The molecule has 2 unspecified atom stereocenters. The Morgan fingerprint density at radius 1 is 1.14 bits per heavy atom. The van der Waals surface area contributed by atoms with E-state index >= 15 is 0 Å². The lowest BCUT2D eigenvalue weighted by molar-refractivity contribution is -0.140. The van der Waals surface area contributed by atoms with Gasteiger partial charge in [-0.05, 0) is 53.0 Å². The van der Waals surface area contributed by atoms with Crippen LogP contribution in [-0.2, 0) is 9.53 Å². The van der Waals surface area contributed by atoms with Crippen LogP contribution in [0.5, 0.6) is 0 Å². The average molecular weight is 385 g/mol. The highest BCUT2D eigenvalue weighted by Crippen LogP contribution is 2.23. The van der Waals surface area contributed by atoms with Gasteiger partial charge in [0, 0.05) is 17.5 Å². The molecule has 0 aliphatic carbocycles. The number of rotatable bonds is 4. The fraction of sp³-hybridized carbons (Fsp3) is 0.524. The average Bonchev–Trinajstić information content (AvgIpc) is 2.66. The van der Waals surface area contributed by atoms with Crippen LogP contribution < -0.4 is 5.56 Å². The van der Waals surface area contributed by atoms with Crippen LogP contribution in [0.4, 0.5) is 0 Å². The number of carbonyl (C=O) groups excluding carboxylic acids is 2. The van der Waals surface area contributed by atoms with Crippen LogP contribution in [0.15, 0.2) is 29.1 Å². The monoisotopic (exact) mass is 385 g/mol. The first kappa shape index (κ1) is 20.0. The van der Waals surface area contributed by atoms with Gasteiger partial charge in [-0.1, -0.05) is 18.2 Å². The van der Waals surface area contributed by atoms with Crippen molar-refractivity contribution in [2.75, 3.05) is 6.61 Å². The van der Waals surface area contributed by atoms with E-state index in [-0.39, 0.29) is 41.9 Å². The van der Waals surface area contributed by atoms with Gasteiger partial charge in [-0.25, -0.2) is 9.48 Å². The van der Waals surface area contributed by atoms with Crippen molar-refractivity contribution in [1.29, 1.82) is 0 Å². The van der Waals surface area contributed by atoms with Crippen molar-refractivity contribution < 1.29 is 14.3 Å². The molecule has 1 aliphatic rings. The second kappa shape index (κ2) is 8.12. The molecular weight excluding hydrogens is 358 g/mol. The fourth-order valence-corrected chi connectivity index (χ4v) is 3.89. The number of carbonyl (C=O) groups is 2. The van der Waals surface area contributed by atoms with Crippen LogP contribution in [0, 0.1) is 0 Å². The maximum atomic E-state index is 12.7. The molecule has 150 valence electrons. The summed E-state index contributed by atoms with van der Waals surface area (Å²) >= 11 is 0. The zero-order chi connectivity index (χ0) is 20.4. The summed E-state index contributed by atoms with van der Waals surface area (Å²) in [5.74, 6) is -0.897. The van der Waals surface area contributed by atoms with Gasteiger partial charge >= 0.3 is 5.97 Å². The Bertz CT molecular complexity index is 940. The second-order valence-corrected chi connectivity index (χ2v) is 7.74. The number of likely N-dealkylation sites (tertiary alicyclic amines) is 1. The van der Waals surface area contributed by atoms with Crippen LogP contribution in [0.25, 0.3) is 10.8 Å². The van der Waals surface area contributed by atoms with Crippen LogP contribution in [0.2, 0.25) is 0 Å². The first-order valence-corrected chi connectivity index (χ1v) is 9.81. The van der Waals surface area contributed by atoms with Gasteiger partial charge in [0.15, 0.2) is 12.3 Å². The third-order valence-electron chi connectivity index (χ3n) is 5.32. The van der Waals surface area contributed by atoms with Gasteiger partial charge in [-0.2, -0.15) is 5.10 Å². The van der Waals surface area contributed by atoms with E-state index in [0.29, 0.717) is 10.8 Å². The Morgan fingerprint density at radius 3 is 2.36 bits per heavy atom. The second-order valence-electron chi connectivity index (χ2n) is 7.74. The summed E-state index contributed by atoms with van der Waals surface area (Å²) in [5.41, 5.74) is -0.203. The zero-order valence-electron chi connectivity index (χ0n) is 16.8. The lowest BCUT2D eigenvalue weighted by atomic mass is 9.97. The number of nitrogens with zero attached hydrogens (tertiary/aromatic N) is 3. The minimum atomic E-state index is -0.698. The zero-order valence-corrected chi connectivity index (χ0v) is 16.8. The third kappa shape index (κ3) is 3.79. The Morgan fingerprint density at radius 2 is 1.75 bits per heavy atom. The molecule has 1 aromatic carbocycles. The van der Waals surface area contributed by atoms with Gasteiger partial charge in [0.25, 0.3) is 11.5 Å². The highest BCUT2D eigenvalue weighted by Gasteiger charge is 2.30. The summed E-state index contributed by atoms with van der Waals surface area (Å²) in [6.07, 6.45) is 3.00. The molecule has 2 aromatic rings. The van der Waals surface area contributed by atoms with Gasteiger partial charge in [-0.3, -0.25) is 9.59 Å². The maximum Gasteiger partial charge on any atom is 0.359 e. The number of fused-ring (bicyclic) bond motifs is 1. The van der Waals surface area contributed by atoms with Crippen molar-refractivity contribution >= 4 is 22.6 Å². The molecule has 0 bridgehead atoms. The molecule has 2 heterocycles. The smallest absolute Gasteiger partial charge is 0.359 e. The summed E-state index contributed by atoms with van der Waals surface area (Å²) in [6, 6.07) is 6.88. The van der Waals surface area contributed by atoms with Crippen molar-refractivity contribution in [3.63, 3.8) is 0 Å². The molecule has 1 saturated heterocycles. The first-order chi connectivity index (χ1) is 13.3. The molecule has 0 N–H and O–H groups in total. The van der Waals surface area contributed by atoms with E-state index in [1.807, 2.05) is 27.7 Å². The molecule has 0 spiro atoms. The molecular formula is C21H27N3O4. The lowest BCUT2D eigenvalue weighted by Crippen LogP contribution is -2.49. The van der Waals surface area contributed by atoms with E-state index in [1.54, 1.807) is 29.2 Å². The van der Waals surface area contributed by atoms with Gasteiger partial charge in [-0.15, -0.1) is 0 Å². The van der Waals surface area contributed by atoms with Crippen molar-refractivity contribution in [3.05, 3.63) is 40.3 Å². The molecule has 7 nitrogen and oxygen atoms in total. The van der Waals surface area contributed by atoms with Crippen LogP contribution in [0.1, 0.15) is 63.5 Å². The molecule has 3 rings (SSSR count). The minimum absolute atomic E-state index is 0.0523. The SMILES string of the molecule is CC1CCCC(C)N1C(=O)COC(=O)c1nn(C(C)C)c(=O)c2ccccc12. The predicted molar refractivity (Wildman–Crippen MR) is 106 cm³/mol. The predicted octanol–water partition coefficient (Wildman–Crippen LogP) is 2.92. The largest absolute Gasteiger partial charge is 0.451 e. The molecule has 0 saturated carbocycles. The van der Waals surface area contributed by atoms with Crippen molar-refractivity contribution in [1.82, 2.24) is 14.7 Å². The topological polar surface area (TPSA) is 81.5 Å². The van der Waals surface area contributed by atoms with Crippen LogP contribution in [0.3, 0.4) is 0 Å². The highest BCUT2D eigenvalue weighted by atomic mass is 16.5. The summed E-state index contributed by atoms with van der Waals surface area (Å²) in [7, 11) is 0. The molecule has 2 atom stereocenters. The van der Waals surface area contributed by atoms with E-state index in [9.17, 15) is 14.4 Å². The molecule has 28 heavy (non-hydrogen) atoms. The number of benzene rings is 1. The molecule has 1 aromatic heterocycles. The summed E-state index contributed by atoms with van der Waals surface area (Å²) in [6.45, 7) is 7.35. The van der Waals surface area contributed by atoms with E-state index in [0.717, 1.165) is 19.3 Å². The van der Waals surface area contributed by atoms with E-state index in [2.05, 4.69) is 5.10 Å². The number of amides is 1. The molecule has 1 fully saturated rings. The summed E-state index contributed by atoms with van der Waals surface area (Å²) < 4.78 is 6.59. The number of hydrogen-bond acceptors (Lipinski definition) is 5. The fourth-order valence-electron chi connectivity index (χ4n) is 3.89. The Balaban J connectivity index is 1.85. The molecule has 1 aliphatic heterocycles. The van der Waals surface area contributed by atoms with E-state index in [4.69, 9.17) is 4.74 Å². The van der Waals surface area contributed by atoms with Gasteiger partial charge in [0.05, 0.1) is 11.4 Å². The number of aromatic nitrogens is 2. The quantitative estimate of drug-likeness (QED) is 0.756. The maximum absolute atomic E-state index is 12.7. The Labute approximate surface area is 164 Å². The Hall–Kier alpha value is -2.70. The lowest BCUT2D eigenvalue weighted by Gasteiger charge is -2.38. The molecule has 1 amide bonds. The van der Waals surface area contributed by atoms with Crippen LogP contribution >= 0.6 is 0 Å². The molecule has 0 radical (unpaired) electrons. The highest BCUT2D eigenvalue weighted by molar-refractivity contribution is 6.02. The van der Waals surface area contributed by atoms with Crippen molar-refractivity contribution in [2.24, 2.45) is 0 Å². The first-order valence-electron chi connectivity index (χ1n) is 9.81. The third-order valence-corrected chi connectivity index (χ3v) is 5.32. The van der Waals surface area contributed by atoms with Gasteiger partial charge in [0.2, 0.25) is 0 Å². The van der Waals surface area contributed by atoms with Crippen LogP contribution in [-0.4, -0.2) is 45.2 Å². The van der Waals surface area contributed by atoms with Gasteiger partial charge < -0.3 is 9.64 Å². The van der Waals surface area contributed by atoms with Gasteiger partial charge in [0.1, 0.15) is 0 Å². The number of piperidine rings is 1. The standard InChI is InChI=1S/C21H27N3O4/c1-13(2)24-20(26)17-11-6-5-10-16(17)19(22-24)21(27)28-12-18(25)23-14(3)8-7-9-15(23)4/h5-6,10-11,13-15H,7-9,12H2,1-4H3. The molecule has 7 heteroatoms. The van der Waals surface area contributed by atoms with E-state index in [1.165, 1.54) is 4.68 Å². The summed E-state index contributed by atoms with van der Waals surface area (Å²) in [5, 5.41) is 5.06. The minimum Gasteiger partial charge on any atom is -0.451 e. The van der Waals surface area contributed by atoms with Crippen molar-refractivity contribution in [3.8, 4) is 0 Å². The summed E-state index contributed by atoms with van der Waals surface area (Å²) in [4.78, 5) is 39.7. The van der Waals surface area contributed by atoms with Crippen molar-refractivity contribution in [2.45, 2.75) is 65.1 Å². The Kier molecular flexibility index (Phi) is 5.82. The van der Waals surface area contributed by atoms with E-state index < -0.39 is 5.97 Å². The number of esters is 1. The number of ether oxygens (including phenoxy) is 1.